The van der Waals surface area contributed by atoms with Crippen molar-refractivity contribution in [2.75, 3.05) is 45.9 Å². The average Bonchev–Trinajstić information content (AvgIpc) is 2.39. The Morgan fingerprint density at radius 2 is 1.76 bits per heavy atom. The molecule has 0 radical (unpaired) electrons. The topological polar surface area (TPSA) is 24.5 Å². The van der Waals surface area contributed by atoms with Crippen LogP contribution in [0.2, 0.25) is 0 Å². The molecule has 1 N–H and O–H groups in total. The summed E-state index contributed by atoms with van der Waals surface area (Å²) in [6, 6.07) is 0. The van der Waals surface area contributed by atoms with Gasteiger partial charge in [0.2, 0.25) is 0 Å². The summed E-state index contributed by atoms with van der Waals surface area (Å²) in [6.45, 7) is 14.4. The fourth-order valence-electron chi connectivity index (χ4n) is 2.54. The number of morpholine rings is 1. The minimum atomic E-state index is 0.451. The Morgan fingerprint density at radius 3 is 2.29 bits per heavy atom. The molecule has 1 aliphatic rings. The molecular weight excluding hydrogens is 212 g/mol. The molecular formula is C14H30N2O. The third-order valence-corrected chi connectivity index (χ3v) is 4.09. The van der Waals surface area contributed by atoms with Gasteiger partial charge in [-0.1, -0.05) is 20.8 Å². The van der Waals surface area contributed by atoms with Gasteiger partial charge in [0.15, 0.2) is 0 Å². The summed E-state index contributed by atoms with van der Waals surface area (Å²) in [5.74, 6) is 0. The second-order valence-electron chi connectivity index (χ2n) is 5.27. The van der Waals surface area contributed by atoms with Gasteiger partial charge in [-0.2, -0.15) is 0 Å². The van der Waals surface area contributed by atoms with Crippen LogP contribution in [0.25, 0.3) is 0 Å². The van der Waals surface area contributed by atoms with Gasteiger partial charge in [-0.15, -0.1) is 0 Å². The van der Waals surface area contributed by atoms with Crippen LogP contribution in [0.4, 0.5) is 0 Å². The van der Waals surface area contributed by atoms with E-state index in [0.29, 0.717) is 5.41 Å². The molecule has 1 saturated heterocycles. The zero-order valence-electron chi connectivity index (χ0n) is 11.9. The van der Waals surface area contributed by atoms with E-state index < -0.39 is 0 Å². The largest absolute Gasteiger partial charge is 0.379 e. The van der Waals surface area contributed by atoms with Crippen molar-refractivity contribution in [3.05, 3.63) is 0 Å². The number of nitrogens with zero attached hydrogens (tertiary/aromatic N) is 1. The molecule has 102 valence electrons. The van der Waals surface area contributed by atoms with Crippen molar-refractivity contribution < 1.29 is 4.74 Å². The zero-order valence-corrected chi connectivity index (χ0v) is 11.9. The van der Waals surface area contributed by atoms with Crippen molar-refractivity contribution in [1.82, 2.24) is 10.2 Å². The van der Waals surface area contributed by atoms with E-state index in [4.69, 9.17) is 4.74 Å². The fourth-order valence-corrected chi connectivity index (χ4v) is 2.54. The maximum Gasteiger partial charge on any atom is 0.0594 e. The molecule has 0 saturated carbocycles. The first-order valence-electron chi connectivity index (χ1n) is 7.27. The molecule has 0 aliphatic carbocycles. The SMILES string of the molecule is CCCNCC(CC)(CC)CN1CCOCC1. The van der Waals surface area contributed by atoms with Crippen molar-refractivity contribution >= 4 is 0 Å². The van der Waals surface area contributed by atoms with E-state index in [1.165, 1.54) is 25.8 Å². The van der Waals surface area contributed by atoms with Crippen LogP contribution in [-0.2, 0) is 4.74 Å². The standard InChI is InChI=1S/C14H30N2O/c1-4-7-15-12-14(5-2,6-3)13-16-8-10-17-11-9-16/h15H,4-13H2,1-3H3. The third kappa shape index (κ3) is 4.94. The Balaban J connectivity index is 2.43. The molecule has 3 heteroatoms. The van der Waals surface area contributed by atoms with Crippen LogP contribution in [0.1, 0.15) is 40.0 Å². The molecule has 1 rings (SSSR count). The van der Waals surface area contributed by atoms with Gasteiger partial charge >= 0.3 is 0 Å². The second-order valence-corrected chi connectivity index (χ2v) is 5.27. The molecule has 0 bridgehead atoms. The first-order chi connectivity index (χ1) is 8.26. The molecule has 1 aliphatic heterocycles. The molecule has 1 heterocycles. The fraction of sp³-hybridized carbons (Fsp3) is 1.00. The number of ether oxygens (including phenoxy) is 1. The summed E-state index contributed by atoms with van der Waals surface area (Å²) in [7, 11) is 0. The summed E-state index contributed by atoms with van der Waals surface area (Å²) >= 11 is 0. The van der Waals surface area contributed by atoms with Crippen molar-refractivity contribution in [2.45, 2.75) is 40.0 Å². The highest BCUT2D eigenvalue weighted by atomic mass is 16.5. The predicted octanol–water partition coefficient (Wildman–Crippen LogP) is 2.12. The van der Waals surface area contributed by atoms with Gasteiger partial charge in [0, 0.05) is 26.2 Å². The molecule has 1 fully saturated rings. The molecule has 0 unspecified atom stereocenters. The number of rotatable bonds is 8. The van der Waals surface area contributed by atoms with Gasteiger partial charge in [0.1, 0.15) is 0 Å². The van der Waals surface area contributed by atoms with Crippen molar-refractivity contribution in [2.24, 2.45) is 5.41 Å². The minimum absolute atomic E-state index is 0.451. The highest BCUT2D eigenvalue weighted by Crippen LogP contribution is 2.27. The lowest BCUT2D eigenvalue weighted by atomic mass is 9.81. The molecule has 0 atom stereocenters. The van der Waals surface area contributed by atoms with E-state index in [0.717, 1.165) is 39.4 Å². The van der Waals surface area contributed by atoms with Crippen LogP contribution in [0.3, 0.4) is 0 Å². The minimum Gasteiger partial charge on any atom is -0.379 e. The number of nitrogens with one attached hydrogen (secondary N) is 1. The summed E-state index contributed by atoms with van der Waals surface area (Å²) < 4.78 is 5.42. The van der Waals surface area contributed by atoms with Gasteiger partial charge in [0.05, 0.1) is 13.2 Å². The lowest BCUT2D eigenvalue weighted by molar-refractivity contribution is 0.0137. The lowest BCUT2D eigenvalue weighted by Gasteiger charge is -2.39. The first-order valence-corrected chi connectivity index (χ1v) is 7.27. The van der Waals surface area contributed by atoms with Crippen LogP contribution in [0, 0.1) is 5.41 Å². The van der Waals surface area contributed by atoms with Crippen molar-refractivity contribution in [1.29, 1.82) is 0 Å². The maximum atomic E-state index is 5.42. The van der Waals surface area contributed by atoms with E-state index >= 15 is 0 Å². The molecule has 3 nitrogen and oxygen atoms in total. The average molecular weight is 242 g/mol. The van der Waals surface area contributed by atoms with Gasteiger partial charge in [-0.3, -0.25) is 4.90 Å². The summed E-state index contributed by atoms with van der Waals surface area (Å²) in [4.78, 5) is 2.57. The normalized spacial score (nSPS) is 18.5. The Hall–Kier alpha value is -0.120. The van der Waals surface area contributed by atoms with Gasteiger partial charge < -0.3 is 10.1 Å². The van der Waals surface area contributed by atoms with Gasteiger partial charge in [0.25, 0.3) is 0 Å². The monoisotopic (exact) mass is 242 g/mol. The summed E-state index contributed by atoms with van der Waals surface area (Å²) in [5, 5.41) is 3.61. The first kappa shape index (κ1) is 14.9. The quantitative estimate of drug-likeness (QED) is 0.660. The Kier molecular flexibility index (Phi) is 7.09. The molecule has 0 amide bonds. The van der Waals surface area contributed by atoms with Crippen LogP contribution < -0.4 is 5.32 Å². The number of hydrogen-bond acceptors (Lipinski definition) is 3. The van der Waals surface area contributed by atoms with Crippen molar-refractivity contribution in [3.8, 4) is 0 Å². The molecule has 0 aromatic heterocycles. The van der Waals surface area contributed by atoms with Crippen molar-refractivity contribution in [3.63, 3.8) is 0 Å². The van der Waals surface area contributed by atoms with Crippen LogP contribution in [0.5, 0.6) is 0 Å². The van der Waals surface area contributed by atoms with Gasteiger partial charge in [-0.05, 0) is 31.2 Å². The lowest BCUT2D eigenvalue weighted by Crippen LogP contribution is -2.47. The van der Waals surface area contributed by atoms with E-state index in [9.17, 15) is 0 Å². The Labute approximate surface area is 107 Å². The van der Waals surface area contributed by atoms with E-state index in [2.05, 4.69) is 31.0 Å². The Morgan fingerprint density at radius 1 is 1.12 bits per heavy atom. The predicted molar refractivity (Wildman–Crippen MR) is 73.4 cm³/mol. The Bertz CT molecular complexity index is 187. The van der Waals surface area contributed by atoms with Crippen LogP contribution in [-0.4, -0.2) is 50.8 Å². The third-order valence-electron chi connectivity index (χ3n) is 4.09. The highest BCUT2D eigenvalue weighted by Gasteiger charge is 2.28. The van der Waals surface area contributed by atoms with E-state index in [1.54, 1.807) is 0 Å². The molecule has 0 spiro atoms. The van der Waals surface area contributed by atoms with Gasteiger partial charge in [-0.25, -0.2) is 0 Å². The molecule has 0 aromatic carbocycles. The van der Waals surface area contributed by atoms with Crippen LogP contribution in [0.15, 0.2) is 0 Å². The zero-order chi connectivity index (χ0) is 12.6. The molecule has 0 aromatic rings. The summed E-state index contributed by atoms with van der Waals surface area (Å²) in [6.07, 6.45) is 3.75. The van der Waals surface area contributed by atoms with E-state index in [1.807, 2.05) is 0 Å². The number of hydrogen-bond donors (Lipinski definition) is 1. The smallest absolute Gasteiger partial charge is 0.0594 e. The maximum absolute atomic E-state index is 5.42. The summed E-state index contributed by atoms with van der Waals surface area (Å²) in [5.41, 5.74) is 0.451. The second kappa shape index (κ2) is 8.06. The van der Waals surface area contributed by atoms with E-state index in [-0.39, 0.29) is 0 Å². The van der Waals surface area contributed by atoms with Crippen LogP contribution >= 0.6 is 0 Å². The molecule has 17 heavy (non-hydrogen) atoms. The highest BCUT2D eigenvalue weighted by molar-refractivity contribution is 4.83.